The third kappa shape index (κ3) is 3.49. The molecule has 1 aliphatic carbocycles. The number of aromatic nitrogens is 2. The van der Waals surface area contributed by atoms with Gasteiger partial charge >= 0.3 is 0 Å². The van der Waals surface area contributed by atoms with Crippen LogP contribution in [-0.4, -0.2) is 71.4 Å². The molecule has 0 N–H and O–H groups in total. The van der Waals surface area contributed by atoms with Crippen molar-refractivity contribution in [3.8, 4) is 0 Å². The van der Waals surface area contributed by atoms with Crippen LogP contribution in [0.4, 0.5) is 0 Å². The Labute approximate surface area is 143 Å². The number of morpholine rings is 1. The minimum Gasteiger partial charge on any atom is -0.379 e. The van der Waals surface area contributed by atoms with E-state index >= 15 is 0 Å². The number of aryl methyl sites for hydroxylation is 1. The van der Waals surface area contributed by atoms with Gasteiger partial charge in [-0.15, -0.1) is 0 Å². The van der Waals surface area contributed by atoms with Crippen molar-refractivity contribution in [2.75, 3.05) is 45.9 Å². The topological polar surface area (TPSA) is 50.6 Å². The van der Waals surface area contributed by atoms with E-state index in [1.807, 2.05) is 24.1 Å². The fraction of sp³-hybridized carbons (Fsp3) is 0.778. The summed E-state index contributed by atoms with van der Waals surface area (Å²) in [5, 5.41) is 4.23. The normalized spacial score (nSPS) is 29.0. The number of hydrogen-bond acceptors (Lipinski definition) is 4. The van der Waals surface area contributed by atoms with E-state index in [0.29, 0.717) is 11.8 Å². The van der Waals surface area contributed by atoms with Crippen LogP contribution in [0.25, 0.3) is 0 Å². The lowest BCUT2D eigenvalue weighted by molar-refractivity contribution is -0.134. The van der Waals surface area contributed by atoms with Crippen molar-refractivity contribution in [2.24, 2.45) is 18.9 Å². The highest BCUT2D eigenvalue weighted by atomic mass is 16.5. The molecule has 1 amide bonds. The van der Waals surface area contributed by atoms with Gasteiger partial charge in [0.1, 0.15) is 0 Å². The van der Waals surface area contributed by atoms with Crippen molar-refractivity contribution in [1.82, 2.24) is 19.6 Å². The summed E-state index contributed by atoms with van der Waals surface area (Å²) in [7, 11) is 1.93. The summed E-state index contributed by atoms with van der Waals surface area (Å²) >= 11 is 0. The predicted molar refractivity (Wildman–Crippen MR) is 90.6 cm³/mol. The lowest BCUT2D eigenvalue weighted by atomic mass is 9.95. The standard InChI is InChI=1S/C18H28N4O2/c1-20-13-15(11-19-20)16-10-17(16)18(23)22-4-2-14(3-5-22)12-21-6-8-24-9-7-21/h11,13-14,16-17H,2-10,12H2,1H3/t16-,17-/m0/s1. The Kier molecular flexibility index (Phi) is 4.59. The molecule has 132 valence electrons. The van der Waals surface area contributed by atoms with Crippen LogP contribution < -0.4 is 0 Å². The summed E-state index contributed by atoms with van der Waals surface area (Å²) in [6.07, 6.45) is 7.25. The number of piperidine rings is 1. The van der Waals surface area contributed by atoms with Gasteiger partial charge in [-0.2, -0.15) is 5.10 Å². The summed E-state index contributed by atoms with van der Waals surface area (Å²) in [5.41, 5.74) is 1.22. The first kappa shape index (κ1) is 16.1. The fourth-order valence-electron chi connectivity index (χ4n) is 4.19. The zero-order chi connectivity index (χ0) is 16.5. The first-order chi connectivity index (χ1) is 11.7. The van der Waals surface area contributed by atoms with Gasteiger partial charge in [-0.3, -0.25) is 14.4 Å². The van der Waals surface area contributed by atoms with Crippen molar-refractivity contribution in [2.45, 2.75) is 25.2 Å². The third-order valence-corrected chi connectivity index (χ3v) is 5.81. The molecule has 6 nitrogen and oxygen atoms in total. The smallest absolute Gasteiger partial charge is 0.226 e. The van der Waals surface area contributed by atoms with E-state index in [1.54, 1.807) is 0 Å². The largest absolute Gasteiger partial charge is 0.379 e. The summed E-state index contributed by atoms with van der Waals surface area (Å²) in [4.78, 5) is 17.3. The Balaban J connectivity index is 1.23. The number of hydrogen-bond donors (Lipinski definition) is 0. The van der Waals surface area contributed by atoms with Gasteiger partial charge in [-0.05, 0) is 36.7 Å². The zero-order valence-electron chi connectivity index (χ0n) is 14.6. The zero-order valence-corrected chi connectivity index (χ0v) is 14.6. The van der Waals surface area contributed by atoms with Crippen LogP contribution in [0.15, 0.2) is 12.4 Å². The highest BCUT2D eigenvalue weighted by Gasteiger charge is 2.46. The molecule has 1 aromatic rings. The van der Waals surface area contributed by atoms with E-state index in [4.69, 9.17) is 4.74 Å². The summed E-state index contributed by atoms with van der Waals surface area (Å²) in [5.74, 6) is 1.71. The van der Waals surface area contributed by atoms with Crippen molar-refractivity contribution < 1.29 is 9.53 Å². The van der Waals surface area contributed by atoms with Crippen LogP contribution in [-0.2, 0) is 16.6 Å². The Morgan fingerprint density at radius 1 is 1.25 bits per heavy atom. The number of amides is 1. The monoisotopic (exact) mass is 332 g/mol. The molecule has 3 aliphatic rings. The van der Waals surface area contributed by atoms with Crippen LogP contribution in [0, 0.1) is 11.8 Å². The Hall–Kier alpha value is -1.40. The van der Waals surface area contributed by atoms with E-state index in [1.165, 1.54) is 12.1 Å². The first-order valence-corrected chi connectivity index (χ1v) is 9.28. The molecule has 3 fully saturated rings. The Morgan fingerprint density at radius 2 is 2.00 bits per heavy atom. The van der Waals surface area contributed by atoms with Gasteiger partial charge in [-0.25, -0.2) is 0 Å². The Morgan fingerprint density at radius 3 is 2.67 bits per heavy atom. The number of carbonyl (C=O) groups excluding carboxylic acids is 1. The second-order valence-corrected chi connectivity index (χ2v) is 7.58. The molecule has 3 heterocycles. The van der Waals surface area contributed by atoms with Crippen LogP contribution >= 0.6 is 0 Å². The molecule has 0 spiro atoms. The number of carbonyl (C=O) groups is 1. The van der Waals surface area contributed by atoms with Crippen LogP contribution in [0.1, 0.15) is 30.7 Å². The van der Waals surface area contributed by atoms with E-state index < -0.39 is 0 Å². The maximum atomic E-state index is 12.7. The summed E-state index contributed by atoms with van der Waals surface area (Å²) in [6, 6.07) is 0. The molecule has 0 bridgehead atoms. The Bertz CT molecular complexity index is 573. The van der Waals surface area contributed by atoms with Gasteiger partial charge in [-0.1, -0.05) is 0 Å². The summed E-state index contributed by atoms with van der Waals surface area (Å²) < 4.78 is 7.24. The van der Waals surface area contributed by atoms with Gasteiger partial charge in [0, 0.05) is 51.9 Å². The molecule has 0 radical (unpaired) electrons. The van der Waals surface area contributed by atoms with Crippen molar-refractivity contribution in [3.63, 3.8) is 0 Å². The highest BCUT2D eigenvalue weighted by molar-refractivity contribution is 5.83. The van der Waals surface area contributed by atoms with Gasteiger partial charge in [0.25, 0.3) is 0 Å². The second-order valence-electron chi connectivity index (χ2n) is 7.58. The van der Waals surface area contributed by atoms with Crippen molar-refractivity contribution in [3.05, 3.63) is 18.0 Å². The maximum Gasteiger partial charge on any atom is 0.226 e. The maximum absolute atomic E-state index is 12.7. The minimum absolute atomic E-state index is 0.199. The molecule has 2 aliphatic heterocycles. The lowest BCUT2D eigenvalue weighted by Gasteiger charge is -2.36. The van der Waals surface area contributed by atoms with E-state index in [-0.39, 0.29) is 5.92 Å². The first-order valence-electron chi connectivity index (χ1n) is 9.28. The fourth-order valence-corrected chi connectivity index (χ4v) is 4.19. The summed E-state index contributed by atoms with van der Waals surface area (Å²) in [6.45, 7) is 6.91. The molecular weight excluding hydrogens is 304 g/mol. The van der Waals surface area contributed by atoms with Crippen LogP contribution in [0.3, 0.4) is 0 Å². The molecule has 4 rings (SSSR count). The van der Waals surface area contributed by atoms with Crippen molar-refractivity contribution in [1.29, 1.82) is 0 Å². The molecule has 2 saturated heterocycles. The number of likely N-dealkylation sites (tertiary alicyclic amines) is 1. The average molecular weight is 332 g/mol. The van der Waals surface area contributed by atoms with E-state index in [9.17, 15) is 4.79 Å². The minimum atomic E-state index is 0.199. The van der Waals surface area contributed by atoms with Gasteiger partial charge in [0.15, 0.2) is 0 Å². The van der Waals surface area contributed by atoms with Crippen molar-refractivity contribution >= 4 is 5.91 Å². The van der Waals surface area contributed by atoms with Gasteiger partial charge < -0.3 is 9.64 Å². The van der Waals surface area contributed by atoms with Crippen LogP contribution in [0.5, 0.6) is 0 Å². The molecule has 2 atom stereocenters. The molecule has 1 saturated carbocycles. The van der Waals surface area contributed by atoms with E-state index in [2.05, 4.69) is 14.9 Å². The predicted octanol–water partition coefficient (Wildman–Crippen LogP) is 1.09. The molecule has 24 heavy (non-hydrogen) atoms. The average Bonchev–Trinajstić information content (AvgIpc) is 3.30. The SMILES string of the molecule is Cn1cc([C@@H]2C[C@@H]2C(=O)N2CCC(CN3CCOCC3)CC2)cn1. The molecule has 6 heteroatoms. The molecule has 0 aromatic carbocycles. The number of nitrogens with zero attached hydrogens (tertiary/aromatic N) is 4. The van der Waals surface area contributed by atoms with Gasteiger partial charge in [0.05, 0.1) is 19.4 Å². The number of ether oxygens (including phenoxy) is 1. The molecular formula is C18H28N4O2. The van der Waals surface area contributed by atoms with Gasteiger partial charge in [0.2, 0.25) is 5.91 Å². The van der Waals surface area contributed by atoms with E-state index in [0.717, 1.165) is 64.6 Å². The molecule has 0 unspecified atom stereocenters. The lowest BCUT2D eigenvalue weighted by Crippen LogP contribution is -2.44. The highest BCUT2D eigenvalue weighted by Crippen LogP contribution is 2.48. The number of rotatable bonds is 4. The third-order valence-electron chi connectivity index (χ3n) is 5.81. The van der Waals surface area contributed by atoms with Crippen LogP contribution in [0.2, 0.25) is 0 Å². The molecule has 1 aromatic heterocycles. The second kappa shape index (κ2) is 6.84. The quantitative estimate of drug-likeness (QED) is 0.828.